The number of carbonyl (C=O) groups is 4. The van der Waals surface area contributed by atoms with Gasteiger partial charge in [-0.05, 0) is 50.8 Å². The quantitative estimate of drug-likeness (QED) is 0.0614. The lowest BCUT2D eigenvalue weighted by atomic mass is 10.0. The highest BCUT2D eigenvalue weighted by molar-refractivity contribution is 5.90. The first-order valence-electron chi connectivity index (χ1n) is 14.1. The Morgan fingerprint density at radius 3 is 2.44 bits per heavy atom. The first-order chi connectivity index (χ1) is 20.3. The molecule has 0 radical (unpaired) electrons. The topological polar surface area (TPSA) is 237 Å². The van der Waals surface area contributed by atoms with Gasteiger partial charge in [0.05, 0.1) is 6.10 Å². The summed E-state index contributed by atoms with van der Waals surface area (Å²) in [6.45, 7) is 5.98. The summed E-state index contributed by atoms with van der Waals surface area (Å²) in [6, 6.07) is 2.15. The summed E-state index contributed by atoms with van der Waals surface area (Å²) in [6.07, 6.45) is 0.960. The predicted molar refractivity (Wildman–Crippen MR) is 159 cm³/mol. The number of furan rings is 1. The predicted octanol–water partition coefficient (Wildman–Crippen LogP) is -0.224. The highest BCUT2D eigenvalue weighted by atomic mass is 16.4. The van der Waals surface area contributed by atoms with Crippen molar-refractivity contribution < 1.29 is 33.8 Å². The van der Waals surface area contributed by atoms with Gasteiger partial charge < -0.3 is 46.9 Å². The summed E-state index contributed by atoms with van der Waals surface area (Å²) in [5.41, 5.74) is 14.5. The van der Waals surface area contributed by atoms with Crippen molar-refractivity contribution in [1.82, 2.24) is 20.9 Å². The van der Waals surface area contributed by atoms with E-state index >= 15 is 0 Å². The maximum atomic E-state index is 13.0. The molecule has 0 spiro atoms. The number of nitrogens with one attached hydrogen (secondary N) is 4. The number of nitrogens with zero attached hydrogens (tertiary/aromatic N) is 1. The summed E-state index contributed by atoms with van der Waals surface area (Å²) in [7, 11) is 0. The fourth-order valence-electron chi connectivity index (χ4n) is 4.89. The molecule has 10 N–H and O–H groups in total. The summed E-state index contributed by atoms with van der Waals surface area (Å²) >= 11 is 0. The highest BCUT2D eigenvalue weighted by Crippen LogP contribution is 2.28. The number of guanidine groups is 1. The Labute approximate surface area is 249 Å². The zero-order chi connectivity index (χ0) is 31.8. The standard InChI is InChI=1S/C29H41N7O7/c1-15-6-4-7-21-24(15)16(2)22(43-21)13-20(28(41)42)34-23(38)8-5-10-33-26(39)19(35-27(40)25(30)17(3)37)12-18-9-11-36(14-18)29(31)32/h4,6-7,9,17,19-20,25,37H,5,8,10-14,30H2,1-3H3,(H3,31,32)(H,33,39)(H,34,38)(H,35,40)(H,41,42). The average Bonchev–Trinajstić information content (AvgIpc) is 3.54. The third kappa shape index (κ3) is 8.78. The van der Waals surface area contributed by atoms with Crippen LogP contribution < -0.4 is 27.4 Å². The van der Waals surface area contributed by atoms with Crippen molar-refractivity contribution in [2.75, 3.05) is 19.6 Å². The number of aliphatic hydroxyl groups is 1. The second kappa shape index (κ2) is 14.6. The van der Waals surface area contributed by atoms with E-state index in [1.165, 1.54) is 6.92 Å². The number of hydrogen-bond donors (Lipinski definition) is 8. The van der Waals surface area contributed by atoms with Crippen LogP contribution in [-0.2, 0) is 25.6 Å². The monoisotopic (exact) mass is 599 g/mol. The summed E-state index contributed by atoms with van der Waals surface area (Å²) < 4.78 is 5.87. The number of aliphatic hydroxyl groups excluding tert-OH is 1. The third-order valence-electron chi connectivity index (χ3n) is 7.42. The van der Waals surface area contributed by atoms with Gasteiger partial charge in [0, 0.05) is 37.9 Å². The van der Waals surface area contributed by atoms with E-state index in [1.54, 1.807) is 4.90 Å². The molecule has 0 saturated heterocycles. The van der Waals surface area contributed by atoms with Crippen LogP contribution in [0.4, 0.5) is 0 Å². The minimum atomic E-state index is -1.24. The molecule has 1 aliphatic heterocycles. The van der Waals surface area contributed by atoms with Gasteiger partial charge in [0.25, 0.3) is 0 Å². The Bertz CT molecular complexity index is 1400. The van der Waals surface area contributed by atoms with Gasteiger partial charge in [0.15, 0.2) is 5.96 Å². The Balaban J connectivity index is 1.54. The lowest BCUT2D eigenvalue weighted by Gasteiger charge is -2.23. The molecular weight excluding hydrogens is 558 g/mol. The van der Waals surface area contributed by atoms with E-state index in [9.17, 15) is 29.4 Å². The van der Waals surface area contributed by atoms with E-state index in [4.69, 9.17) is 21.3 Å². The maximum absolute atomic E-state index is 13.0. The number of amides is 3. The van der Waals surface area contributed by atoms with Crippen LogP contribution in [0.1, 0.15) is 43.1 Å². The summed E-state index contributed by atoms with van der Waals surface area (Å²) in [5, 5.41) is 35.7. The van der Waals surface area contributed by atoms with Crippen LogP contribution >= 0.6 is 0 Å². The number of carbonyl (C=O) groups excluding carboxylic acids is 3. The van der Waals surface area contributed by atoms with Crippen molar-refractivity contribution >= 4 is 40.6 Å². The van der Waals surface area contributed by atoms with Crippen molar-refractivity contribution in [1.29, 1.82) is 5.41 Å². The molecule has 3 rings (SSSR count). The Morgan fingerprint density at radius 2 is 1.84 bits per heavy atom. The smallest absolute Gasteiger partial charge is 0.326 e. The van der Waals surface area contributed by atoms with Crippen LogP contribution in [0.5, 0.6) is 0 Å². The number of aliphatic carboxylic acids is 1. The van der Waals surface area contributed by atoms with Gasteiger partial charge in [-0.3, -0.25) is 19.8 Å². The van der Waals surface area contributed by atoms with Gasteiger partial charge in [-0.2, -0.15) is 0 Å². The van der Waals surface area contributed by atoms with Gasteiger partial charge in [-0.1, -0.05) is 23.8 Å². The van der Waals surface area contributed by atoms with Crippen LogP contribution in [0, 0.1) is 19.3 Å². The zero-order valence-corrected chi connectivity index (χ0v) is 24.6. The van der Waals surface area contributed by atoms with E-state index in [-0.39, 0.29) is 38.2 Å². The van der Waals surface area contributed by atoms with E-state index in [0.29, 0.717) is 24.4 Å². The van der Waals surface area contributed by atoms with E-state index in [2.05, 4.69) is 16.0 Å². The van der Waals surface area contributed by atoms with Gasteiger partial charge in [0.2, 0.25) is 17.7 Å². The molecule has 0 saturated carbocycles. The molecule has 14 nitrogen and oxygen atoms in total. The van der Waals surface area contributed by atoms with E-state index in [0.717, 1.165) is 22.1 Å². The molecule has 4 unspecified atom stereocenters. The largest absolute Gasteiger partial charge is 0.480 e. The van der Waals surface area contributed by atoms with E-state index < -0.39 is 47.9 Å². The van der Waals surface area contributed by atoms with Gasteiger partial charge in [0.1, 0.15) is 29.5 Å². The maximum Gasteiger partial charge on any atom is 0.326 e. The Morgan fingerprint density at radius 1 is 1.12 bits per heavy atom. The molecule has 3 amide bonds. The second-order valence-electron chi connectivity index (χ2n) is 10.8. The van der Waals surface area contributed by atoms with Crippen molar-refractivity contribution in [3.63, 3.8) is 0 Å². The molecule has 2 heterocycles. The SMILES string of the molecule is Cc1cccc2oc(CC(NC(=O)CCCNC(=O)C(CC3=CCN(C(=N)N)C3)NC(=O)C(N)C(C)O)C(=O)O)c(C)c12. The van der Waals surface area contributed by atoms with Crippen LogP contribution in [0.25, 0.3) is 11.0 Å². The molecule has 14 heteroatoms. The highest BCUT2D eigenvalue weighted by Gasteiger charge is 2.29. The molecule has 0 fully saturated rings. The van der Waals surface area contributed by atoms with Crippen molar-refractivity contribution in [3.8, 4) is 0 Å². The van der Waals surface area contributed by atoms with Crippen LogP contribution in [0.2, 0.25) is 0 Å². The molecule has 1 aromatic carbocycles. The summed E-state index contributed by atoms with van der Waals surface area (Å²) in [4.78, 5) is 51.6. The van der Waals surface area contributed by atoms with Crippen molar-refractivity contribution in [3.05, 3.63) is 46.7 Å². The minimum Gasteiger partial charge on any atom is -0.480 e. The number of nitrogens with two attached hydrogens (primary N) is 2. The lowest BCUT2D eigenvalue weighted by Crippen LogP contribution is -2.54. The minimum absolute atomic E-state index is 0.0232. The molecule has 234 valence electrons. The summed E-state index contributed by atoms with van der Waals surface area (Å²) in [5.74, 6) is -2.55. The molecule has 0 aliphatic carbocycles. The molecular formula is C29H41N7O7. The van der Waals surface area contributed by atoms with Crippen molar-refractivity contribution in [2.45, 2.75) is 70.7 Å². The average molecular weight is 600 g/mol. The molecule has 2 aromatic rings. The zero-order valence-electron chi connectivity index (χ0n) is 24.6. The fraction of sp³-hybridized carbons (Fsp3) is 0.483. The Kier molecular flexibility index (Phi) is 11.3. The number of rotatable bonds is 14. The van der Waals surface area contributed by atoms with Crippen LogP contribution in [0.15, 0.2) is 34.3 Å². The number of carboxylic acids is 1. The van der Waals surface area contributed by atoms with Gasteiger partial charge in [-0.15, -0.1) is 0 Å². The molecule has 1 aliphatic rings. The van der Waals surface area contributed by atoms with Crippen molar-refractivity contribution in [2.24, 2.45) is 11.5 Å². The normalized spacial score (nSPS) is 15.7. The second-order valence-corrected chi connectivity index (χ2v) is 10.8. The number of carboxylic acid groups (broad SMARTS) is 1. The Hall–Kier alpha value is -4.43. The third-order valence-corrected chi connectivity index (χ3v) is 7.42. The van der Waals surface area contributed by atoms with E-state index in [1.807, 2.05) is 38.1 Å². The first kappa shape index (κ1) is 33.1. The number of aryl methyl sites for hydroxylation is 2. The fourth-order valence-corrected chi connectivity index (χ4v) is 4.89. The number of fused-ring (bicyclic) bond motifs is 1. The lowest BCUT2D eigenvalue weighted by molar-refractivity contribution is -0.141. The van der Waals surface area contributed by atoms with Crippen LogP contribution in [0.3, 0.4) is 0 Å². The first-order valence-corrected chi connectivity index (χ1v) is 14.1. The number of benzene rings is 1. The van der Waals surface area contributed by atoms with Crippen LogP contribution in [-0.4, -0.2) is 88.6 Å². The van der Waals surface area contributed by atoms with Gasteiger partial charge >= 0.3 is 5.97 Å². The molecule has 1 aromatic heterocycles. The van der Waals surface area contributed by atoms with Gasteiger partial charge in [-0.25, -0.2) is 4.79 Å². The molecule has 0 bridgehead atoms. The number of hydrogen-bond acceptors (Lipinski definition) is 8. The molecule has 4 atom stereocenters. The molecule has 43 heavy (non-hydrogen) atoms.